The summed E-state index contributed by atoms with van der Waals surface area (Å²) in [7, 11) is 1.63. The number of benzene rings is 2. The number of halogens is 1. The minimum atomic E-state index is -0.247. The Kier molecular flexibility index (Phi) is 4.14. The highest BCUT2D eigenvalue weighted by Crippen LogP contribution is 2.35. The molecule has 0 spiro atoms. The second-order valence-corrected chi connectivity index (χ2v) is 6.52. The first-order valence-corrected chi connectivity index (χ1v) is 8.57. The van der Waals surface area contributed by atoms with Gasteiger partial charge in [0.1, 0.15) is 23.7 Å². The first kappa shape index (κ1) is 16.0. The summed E-state index contributed by atoms with van der Waals surface area (Å²) in [4.78, 5) is 12.1. The van der Waals surface area contributed by atoms with Crippen molar-refractivity contribution in [1.82, 2.24) is 0 Å². The summed E-state index contributed by atoms with van der Waals surface area (Å²) >= 11 is 6.39. The van der Waals surface area contributed by atoms with Crippen LogP contribution >= 0.6 is 11.6 Å². The Morgan fingerprint density at radius 1 is 1.12 bits per heavy atom. The number of hydrogen-bond donors (Lipinski definition) is 0. The standard InChI is InChI=1S/C20H17ClO4/c1-23-13-7-5-12(6-8-13)11-24-19-10-18-16(9-17(19)21)14-3-2-4-15(14)20(22)25-18/h5-10H,2-4,11H2,1H3. The Labute approximate surface area is 149 Å². The van der Waals surface area contributed by atoms with Gasteiger partial charge in [0, 0.05) is 17.0 Å². The van der Waals surface area contributed by atoms with Crippen LogP contribution in [0, 0.1) is 0 Å². The van der Waals surface area contributed by atoms with Crippen molar-refractivity contribution < 1.29 is 13.9 Å². The van der Waals surface area contributed by atoms with Gasteiger partial charge in [0.25, 0.3) is 0 Å². The number of hydrogen-bond acceptors (Lipinski definition) is 4. The van der Waals surface area contributed by atoms with E-state index >= 15 is 0 Å². The van der Waals surface area contributed by atoms with E-state index in [0.29, 0.717) is 23.0 Å². The van der Waals surface area contributed by atoms with Gasteiger partial charge in [-0.15, -0.1) is 0 Å². The van der Waals surface area contributed by atoms with Gasteiger partial charge >= 0.3 is 5.63 Å². The van der Waals surface area contributed by atoms with Crippen molar-refractivity contribution >= 4 is 22.6 Å². The average molecular weight is 357 g/mol. The quantitative estimate of drug-likeness (QED) is 0.645. The molecule has 0 aliphatic heterocycles. The SMILES string of the molecule is COc1ccc(COc2cc3oc(=O)c4c(c3cc2Cl)CCC4)cc1. The van der Waals surface area contributed by atoms with Crippen LogP contribution in [-0.4, -0.2) is 7.11 Å². The summed E-state index contributed by atoms with van der Waals surface area (Å²) in [5.74, 6) is 1.30. The zero-order chi connectivity index (χ0) is 17.4. The number of fused-ring (bicyclic) bond motifs is 3. The summed E-state index contributed by atoms with van der Waals surface area (Å²) < 4.78 is 16.4. The van der Waals surface area contributed by atoms with E-state index in [1.54, 1.807) is 13.2 Å². The summed E-state index contributed by atoms with van der Waals surface area (Å²) in [5.41, 5.74) is 3.13. The topological polar surface area (TPSA) is 48.7 Å². The van der Waals surface area contributed by atoms with E-state index in [9.17, 15) is 4.79 Å². The fraction of sp³-hybridized carbons (Fsp3) is 0.250. The van der Waals surface area contributed by atoms with E-state index in [0.717, 1.165) is 47.1 Å². The molecule has 2 aromatic carbocycles. The highest BCUT2D eigenvalue weighted by atomic mass is 35.5. The highest BCUT2D eigenvalue weighted by Gasteiger charge is 2.20. The molecule has 0 amide bonds. The van der Waals surface area contributed by atoms with Crippen molar-refractivity contribution in [3.63, 3.8) is 0 Å². The molecule has 128 valence electrons. The van der Waals surface area contributed by atoms with Gasteiger partial charge in [0.05, 0.1) is 12.1 Å². The molecule has 4 nitrogen and oxygen atoms in total. The predicted octanol–water partition coefficient (Wildman–Crippen LogP) is 4.52. The summed E-state index contributed by atoms with van der Waals surface area (Å²) in [6, 6.07) is 11.2. The van der Waals surface area contributed by atoms with Crippen LogP contribution in [0.4, 0.5) is 0 Å². The zero-order valence-corrected chi connectivity index (χ0v) is 14.6. The number of aryl methyl sites for hydroxylation is 1. The molecule has 1 aromatic heterocycles. The molecule has 0 saturated heterocycles. The molecule has 3 aromatic rings. The van der Waals surface area contributed by atoms with Crippen LogP contribution < -0.4 is 15.1 Å². The van der Waals surface area contributed by atoms with E-state index in [-0.39, 0.29) is 5.63 Å². The lowest BCUT2D eigenvalue weighted by atomic mass is 10.1. The third-order valence-corrected chi connectivity index (χ3v) is 4.87. The van der Waals surface area contributed by atoms with E-state index in [1.165, 1.54) is 0 Å². The molecule has 25 heavy (non-hydrogen) atoms. The molecule has 0 unspecified atom stereocenters. The molecule has 0 N–H and O–H groups in total. The number of rotatable bonds is 4. The molecule has 0 saturated carbocycles. The molecule has 1 aliphatic carbocycles. The molecule has 0 radical (unpaired) electrons. The lowest BCUT2D eigenvalue weighted by Gasteiger charge is -2.11. The summed E-state index contributed by atoms with van der Waals surface area (Å²) in [6.45, 7) is 0.365. The summed E-state index contributed by atoms with van der Waals surface area (Å²) in [6.07, 6.45) is 2.65. The molecule has 1 aliphatic rings. The average Bonchev–Trinajstić information content (AvgIpc) is 3.12. The highest BCUT2D eigenvalue weighted by molar-refractivity contribution is 6.32. The molecule has 5 heteroatoms. The van der Waals surface area contributed by atoms with Gasteiger partial charge in [0.2, 0.25) is 0 Å². The van der Waals surface area contributed by atoms with Crippen LogP contribution in [0.5, 0.6) is 11.5 Å². The Morgan fingerprint density at radius 2 is 1.88 bits per heavy atom. The zero-order valence-electron chi connectivity index (χ0n) is 13.8. The van der Waals surface area contributed by atoms with Crippen LogP contribution in [0.15, 0.2) is 45.6 Å². The smallest absolute Gasteiger partial charge is 0.339 e. The third-order valence-electron chi connectivity index (χ3n) is 4.58. The fourth-order valence-electron chi connectivity index (χ4n) is 3.28. The second kappa shape index (κ2) is 6.45. The van der Waals surface area contributed by atoms with Crippen molar-refractivity contribution in [2.45, 2.75) is 25.9 Å². The van der Waals surface area contributed by atoms with Gasteiger partial charge < -0.3 is 13.9 Å². The van der Waals surface area contributed by atoms with E-state index in [1.807, 2.05) is 30.3 Å². The van der Waals surface area contributed by atoms with Gasteiger partial charge in [0.15, 0.2) is 0 Å². The first-order valence-electron chi connectivity index (χ1n) is 8.19. The lowest BCUT2D eigenvalue weighted by molar-refractivity contribution is 0.306. The van der Waals surface area contributed by atoms with Crippen molar-refractivity contribution in [1.29, 1.82) is 0 Å². The van der Waals surface area contributed by atoms with Crippen LogP contribution in [-0.2, 0) is 19.4 Å². The van der Waals surface area contributed by atoms with Crippen molar-refractivity contribution in [3.8, 4) is 11.5 Å². The minimum Gasteiger partial charge on any atom is -0.497 e. The molecule has 0 bridgehead atoms. The van der Waals surface area contributed by atoms with E-state index in [2.05, 4.69) is 0 Å². The summed E-state index contributed by atoms with van der Waals surface area (Å²) in [5, 5.41) is 1.43. The second-order valence-electron chi connectivity index (χ2n) is 6.12. The minimum absolute atomic E-state index is 0.247. The van der Waals surface area contributed by atoms with E-state index in [4.69, 9.17) is 25.5 Å². The van der Waals surface area contributed by atoms with E-state index < -0.39 is 0 Å². The Morgan fingerprint density at radius 3 is 2.64 bits per heavy atom. The maximum absolute atomic E-state index is 12.1. The Hall–Kier alpha value is -2.46. The molecular weight excluding hydrogens is 340 g/mol. The maximum atomic E-state index is 12.1. The van der Waals surface area contributed by atoms with Gasteiger partial charge in [-0.25, -0.2) is 4.79 Å². The van der Waals surface area contributed by atoms with Crippen LogP contribution in [0.3, 0.4) is 0 Å². The molecule has 0 fully saturated rings. The lowest BCUT2D eigenvalue weighted by Crippen LogP contribution is -2.07. The third kappa shape index (κ3) is 2.98. The van der Waals surface area contributed by atoms with Crippen LogP contribution in [0.25, 0.3) is 11.0 Å². The van der Waals surface area contributed by atoms with Gasteiger partial charge in [-0.1, -0.05) is 23.7 Å². The molecule has 0 atom stereocenters. The Balaban J connectivity index is 1.64. The molecular formula is C20H17ClO4. The number of ether oxygens (including phenoxy) is 2. The largest absolute Gasteiger partial charge is 0.497 e. The Bertz CT molecular complexity index is 989. The van der Waals surface area contributed by atoms with Gasteiger partial charge in [-0.2, -0.15) is 0 Å². The predicted molar refractivity (Wildman–Crippen MR) is 96.8 cm³/mol. The first-order chi connectivity index (χ1) is 12.2. The van der Waals surface area contributed by atoms with Gasteiger partial charge in [-0.3, -0.25) is 0 Å². The fourth-order valence-corrected chi connectivity index (χ4v) is 3.49. The van der Waals surface area contributed by atoms with Crippen molar-refractivity contribution in [3.05, 3.63) is 68.5 Å². The molecule has 1 heterocycles. The van der Waals surface area contributed by atoms with Crippen LogP contribution in [0.2, 0.25) is 5.02 Å². The van der Waals surface area contributed by atoms with Gasteiger partial charge in [-0.05, 0) is 48.6 Å². The van der Waals surface area contributed by atoms with Crippen LogP contribution in [0.1, 0.15) is 23.1 Å². The van der Waals surface area contributed by atoms with Crippen molar-refractivity contribution in [2.75, 3.05) is 7.11 Å². The maximum Gasteiger partial charge on any atom is 0.339 e. The number of methoxy groups -OCH3 is 1. The molecule has 4 rings (SSSR count). The monoisotopic (exact) mass is 356 g/mol. The van der Waals surface area contributed by atoms with Crippen molar-refractivity contribution in [2.24, 2.45) is 0 Å². The normalized spacial score (nSPS) is 13.0.